The predicted molar refractivity (Wildman–Crippen MR) is 70.7 cm³/mol. The van der Waals surface area contributed by atoms with Crippen molar-refractivity contribution in [1.82, 2.24) is 5.32 Å². The van der Waals surface area contributed by atoms with Crippen LogP contribution >= 0.6 is 27.3 Å². The average molecular weight is 302 g/mol. The third-order valence-corrected chi connectivity index (χ3v) is 5.10. The lowest BCUT2D eigenvalue weighted by Crippen LogP contribution is -2.47. The summed E-state index contributed by atoms with van der Waals surface area (Å²) < 4.78 is 1.13. The summed E-state index contributed by atoms with van der Waals surface area (Å²) in [6.45, 7) is 4.38. The summed E-state index contributed by atoms with van der Waals surface area (Å²) in [5.41, 5.74) is -0.0264. The normalized spacial score (nSPS) is 25.1. The molecule has 4 heteroatoms. The highest BCUT2D eigenvalue weighted by molar-refractivity contribution is 9.10. The van der Waals surface area contributed by atoms with Crippen LogP contribution in [0.3, 0.4) is 0 Å². The molecule has 2 rings (SSSR count). The number of rotatable bonds is 3. The van der Waals surface area contributed by atoms with Crippen LogP contribution in [-0.4, -0.2) is 11.4 Å². The maximum Gasteiger partial charge on any atom is 0.220 e. The zero-order valence-corrected chi connectivity index (χ0v) is 12.0. The summed E-state index contributed by atoms with van der Waals surface area (Å²) in [6.07, 6.45) is 2.58. The molecule has 1 aliphatic rings. The summed E-state index contributed by atoms with van der Waals surface area (Å²) in [4.78, 5) is 12.8. The van der Waals surface area contributed by atoms with Crippen LogP contribution in [0.2, 0.25) is 0 Å². The number of amides is 1. The average Bonchev–Trinajstić information content (AvgIpc) is 2.75. The standard InChI is InChI=1S/C12H16BrNOS/c1-8(2)12(4-3-11(15)14-12)6-10-5-9(13)7-16-10/h5,7-8H,3-4,6H2,1-2H3,(H,14,15). The molecule has 0 spiro atoms. The van der Waals surface area contributed by atoms with E-state index in [-0.39, 0.29) is 11.4 Å². The van der Waals surface area contributed by atoms with Crippen molar-refractivity contribution in [2.24, 2.45) is 5.92 Å². The fourth-order valence-corrected chi connectivity index (χ4v) is 3.84. The van der Waals surface area contributed by atoms with E-state index >= 15 is 0 Å². The fraction of sp³-hybridized carbons (Fsp3) is 0.583. The molecule has 0 aromatic carbocycles. The number of halogens is 1. The van der Waals surface area contributed by atoms with Gasteiger partial charge in [0.25, 0.3) is 0 Å². The molecule has 0 radical (unpaired) electrons. The van der Waals surface area contributed by atoms with Crippen LogP contribution in [0.1, 0.15) is 31.6 Å². The van der Waals surface area contributed by atoms with Crippen LogP contribution in [0, 0.1) is 5.92 Å². The minimum Gasteiger partial charge on any atom is -0.350 e. The van der Waals surface area contributed by atoms with E-state index in [1.807, 2.05) is 0 Å². The molecule has 1 unspecified atom stereocenters. The van der Waals surface area contributed by atoms with E-state index < -0.39 is 0 Å². The maximum absolute atomic E-state index is 11.4. The van der Waals surface area contributed by atoms with E-state index in [4.69, 9.17) is 0 Å². The van der Waals surface area contributed by atoms with Gasteiger partial charge in [-0.2, -0.15) is 0 Å². The Labute approximate surface area is 109 Å². The highest BCUT2D eigenvalue weighted by Gasteiger charge is 2.40. The van der Waals surface area contributed by atoms with E-state index in [0.717, 1.165) is 17.3 Å². The molecule has 1 amide bonds. The Balaban J connectivity index is 2.18. The number of thiophene rings is 1. The lowest BCUT2D eigenvalue weighted by Gasteiger charge is -2.33. The van der Waals surface area contributed by atoms with Crippen LogP contribution < -0.4 is 5.32 Å². The topological polar surface area (TPSA) is 29.1 Å². The van der Waals surface area contributed by atoms with Crippen LogP contribution in [0.25, 0.3) is 0 Å². The smallest absolute Gasteiger partial charge is 0.220 e. The van der Waals surface area contributed by atoms with Crippen molar-refractivity contribution in [1.29, 1.82) is 0 Å². The largest absolute Gasteiger partial charge is 0.350 e. The van der Waals surface area contributed by atoms with Gasteiger partial charge in [-0.25, -0.2) is 0 Å². The van der Waals surface area contributed by atoms with Gasteiger partial charge in [0.1, 0.15) is 0 Å². The molecule has 2 nitrogen and oxygen atoms in total. The molecule has 2 heterocycles. The second kappa shape index (κ2) is 4.49. The van der Waals surface area contributed by atoms with Gasteiger partial charge >= 0.3 is 0 Å². The van der Waals surface area contributed by atoms with E-state index in [0.29, 0.717) is 12.3 Å². The second-order valence-electron chi connectivity index (χ2n) is 4.77. The molecule has 0 saturated carbocycles. The second-order valence-corrected chi connectivity index (χ2v) is 6.68. The van der Waals surface area contributed by atoms with Gasteiger partial charge in [0.2, 0.25) is 5.91 Å². The van der Waals surface area contributed by atoms with Crippen molar-refractivity contribution in [3.63, 3.8) is 0 Å². The summed E-state index contributed by atoms with van der Waals surface area (Å²) >= 11 is 5.23. The Bertz CT molecular complexity index is 401. The molecule has 1 fully saturated rings. The van der Waals surface area contributed by atoms with Crippen molar-refractivity contribution in [2.75, 3.05) is 0 Å². The van der Waals surface area contributed by atoms with Crippen LogP contribution in [-0.2, 0) is 11.2 Å². The van der Waals surface area contributed by atoms with E-state index in [9.17, 15) is 4.79 Å². The van der Waals surface area contributed by atoms with E-state index in [2.05, 4.69) is 46.5 Å². The van der Waals surface area contributed by atoms with Crippen LogP contribution in [0.4, 0.5) is 0 Å². The summed E-state index contributed by atoms with van der Waals surface area (Å²) in [7, 11) is 0. The number of carbonyl (C=O) groups is 1. The van der Waals surface area contributed by atoms with Crippen molar-refractivity contribution in [2.45, 2.75) is 38.6 Å². The molecule has 0 aliphatic carbocycles. The van der Waals surface area contributed by atoms with Gasteiger partial charge in [-0.1, -0.05) is 13.8 Å². The van der Waals surface area contributed by atoms with Crippen molar-refractivity contribution in [3.05, 3.63) is 20.8 Å². The Morgan fingerprint density at radius 3 is 2.81 bits per heavy atom. The van der Waals surface area contributed by atoms with Gasteiger partial charge in [0.05, 0.1) is 0 Å². The highest BCUT2D eigenvalue weighted by Crippen LogP contribution is 2.34. The van der Waals surface area contributed by atoms with Gasteiger partial charge in [0, 0.05) is 33.1 Å². The molecule has 1 N–H and O–H groups in total. The fourth-order valence-electron chi connectivity index (χ4n) is 2.27. The first-order chi connectivity index (χ1) is 7.52. The SMILES string of the molecule is CC(C)C1(Cc2cc(Br)cs2)CCC(=O)N1. The number of nitrogens with one attached hydrogen (secondary N) is 1. The van der Waals surface area contributed by atoms with Gasteiger partial charge < -0.3 is 5.32 Å². The summed E-state index contributed by atoms with van der Waals surface area (Å²) in [5.74, 6) is 0.671. The Hall–Kier alpha value is -0.350. The van der Waals surface area contributed by atoms with Crippen LogP contribution in [0.15, 0.2) is 15.9 Å². The molecule has 16 heavy (non-hydrogen) atoms. The monoisotopic (exact) mass is 301 g/mol. The molecular weight excluding hydrogens is 286 g/mol. The quantitative estimate of drug-likeness (QED) is 0.911. The van der Waals surface area contributed by atoms with Gasteiger partial charge in [-0.3, -0.25) is 4.79 Å². The van der Waals surface area contributed by atoms with Crippen LogP contribution in [0.5, 0.6) is 0 Å². The number of hydrogen-bond acceptors (Lipinski definition) is 2. The Kier molecular flexibility index (Phi) is 3.40. The zero-order chi connectivity index (χ0) is 11.8. The molecule has 1 saturated heterocycles. The molecule has 1 aliphatic heterocycles. The number of hydrogen-bond donors (Lipinski definition) is 1. The Morgan fingerprint density at radius 2 is 2.38 bits per heavy atom. The molecule has 1 aromatic heterocycles. The third-order valence-electron chi connectivity index (χ3n) is 3.40. The summed E-state index contributed by atoms with van der Waals surface area (Å²) in [5, 5.41) is 5.27. The van der Waals surface area contributed by atoms with Crippen molar-refractivity contribution >= 4 is 33.2 Å². The van der Waals surface area contributed by atoms with Gasteiger partial charge in [-0.15, -0.1) is 11.3 Å². The molecule has 0 bridgehead atoms. The van der Waals surface area contributed by atoms with E-state index in [1.165, 1.54) is 4.88 Å². The van der Waals surface area contributed by atoms with Crippen molar-refractivity contribution < 1.29 is 4.79 Å². The third kappa shape index (κ3) is 2.33. The van der Waals surface area contributed by atoms with Gasteiger partial charge in [-0.05, 0) is 34.3 Å². The zero-order valence-electron chi connectivity index (χ0n) is 9.55. The maximum atomic E-state index is 11.4. The first-order valence-corrected chi connectivity index (χ1v) is 7.23. The minimum atomic E-state index is -0.0264. The summed E-state index contributed by atoms with van der Waals surface area (Å²) in [6, 6.07) is 2.15. The predicted octanol–water partition coefficient (Wildman–Crippen LogP) is 3.36. The molecule has 1 aromatic rings. The van der Waals surface area contributed by atoms with Crippen molar-refractivity contribution in [3.8, 4) is 0 Å². The first-order valence-electron chi connectivity index (χ1n) is 5.56. The lowest BCUT2D eigenvalue weighted by atomic mass is 9.81. The Morgan fingerprint density at radius 1 is 1.62 bits per heavy atom. The molecule has 1 atom stereocenters. The van der Waals surface area contributed by atoms with E-state index in [1.54, 1.807) is 11.3 Å². The highest BCUT2D eigenvalue weighted by atomic mass is 79.9. The first kappa shape index (κ1) is 12.1. The number of carbonyl (C=O) groups excluding carboxylic acids is 1. The minimum absolute atomic E-state index is 0.0264. The molecule has 88 valence electrons. The molecular formula is C12H16BrNOS. The van der Waals surface area contributed by atoms with Gasteiger partial charge in [0.15, 0.2) is 0 Å². The lowest BCUT2D eigenvalue weighted by molar-refractivity contribution is -0.120.